The van der Waals surface area contributed by atoms with E-state index in [0.29, 0.717) is 25.4 Å². The SMILES string of the molecule is CCOC(=O)Cc1cccc(-c2ccc(C)cc2CN(CC)C(=O)OC(C)(C)C)n1. The number of hydrogen-bond acceptors (Lipinski definition) is 5. The van der Waals surface area contributed by atoms with Gasteiger partial charge in [-0.2, -0.15) is 0 Å². The zero-order valence-electron chi connectivity index (χ0n) is 18.8. The smallest absolute Gasteiger partial charge is 0.410 e. The van der Waals surface area contributed by atoms with Gasteiger partial charge >= 0.3 is 12.1 Å². The Labute approximate surface area is 179 Å². The average Bonchev–Trinajstić information content (AvgIpc) is 2.65. The van der Waals surface area contributed by atoms with Crippen molar-refractivity contribution in [3.8, 4) is 11.3 Å². The summed E-state index contributed by atoms with van der Waals surface area (Å²) in [5, 5.41) is 0. The summed E-state index contributed by atoms with van der Waals surface area (Å²) >= 11 is 0. The first-order chi connectivity index (χ1) is 14.1. The van der Waals surface area contributed by atoms with E-state index in [2.05, 4.69) is 11.1 Å². The number of hydrogen-bond donors (Lipinski definition) is 0. The average molecular weight is 413 g/mol. The van der Waals surface area contributed by atoms with Gasteiger partial charge in [0.05, 0.1) is 24.4 Å². The summed E-state index contributed by atoms with van der Waals surface area (Å²) in [6, 6.07) is 11.7. The Morgan fingerprint density at radius 2 is 1.83 bits per heavy atom. The van der Waals surface area contributed by atoms with Gasteiger partial charge in [0.25, 0.3) is 0 Å². The second kappa shape index (κ2) is 10.2. The minimum atomic E-state index is -0.553. The number of aryl methyl sites for hydroxylation is 1. The highest BCUT2D eigenvalue weighted by Gasteiger charge is 2.22. The van der Waals surface area contributed by atoms with Crippen LogP contribution in [0.15, 0.2) is 36.4 Å². The predicted molar refractivity (Wildman–Crippen MR) is 117 cm³/mol. The number of benzene rings is 1. The highest BCUT2D eigenvalue weighted by molar-refractivity contribution is 5.73. The lowest BCUT2D eigenvalue weighted by Gasteiger charge is -2.27. The Bertz CT molecular complexity index is 887. The minimum absolute atomic E-state index is 0.127. The maximum atomic E-state index is 12.6. The number of ether oxygens (including phenoxy) is 2. The van der Waals surface area contributed by atoms with Crippen molar-refractivity contribution >= 4 is 12.1 Å². The lowest BCUT2D eigenvalue weighted by Crippen LogP contribution is -2.36. The molecule has 0 radical (unpaired) electrons. The van der Waals surface area contributed by atoms with Crippen LogP contribution in [0.1, 0.15) is 51.4 Å². The molecule has 0 aliphatic carbocycles. The standard InChI is InChI=1S/C24H32N2O4/c1-7-26(23(28)30-24(4,5)6)16-18-14-17(3)12-13-20(18)21-11-9-10-19(25-21)15-22(27)29-8-2/h9-14H,7-8,15-16H2,1-6H3. The lowest BCUT2D eigenvalue weighted by molar-refractivity contribution is -0.142. The number of esters is 1. The van der Waals surface area contributed by atoms with E-state index in [0.717, 1.165) is 22.4 Å². The lowest BCUT2D eigenvalue weighted by atomic mass is 10.0. The van der Waals surface area contributed by atoms with Gasteiger partial charge in [0.15, 0.2) is 0 Å². The van der Waals surface area contributed by atoms with Crippen LogP contribution in [-0.2, 0) is 27.2 Å². The normalized spacial score (nSPS) is 11.1. The van der Waals surface area contributed by atoms with Crippen LogP contribution < -0.4 is 0 Å². The predicted octanol–water partition coefficient (Wildman–Crippen LogP) is 4.92. The molecule has 0 saturated heterocycles. The van der Waals surface area contributed by atoms with Crippen molar-refractivity contribution in [2.75, 3.05) is 13.2 Å². The van der Waals surface area contributed by atoms with Crippen molar-refractivity contribution in [2.24, 2.45) is 0 Å². The maximum absolute atomic E-state index is 12.6. The van der Waals surface area contributed by atoms with Gasteiger partial charge in [0, 0.05) is 18.7 Å². The first kappa shape index (κ1) is 23.4. The Hall–Kier alpha value is -2.89. The van der Waals surface area contributed by atoms with Gasteiger partial charge < -0.3 is 14.4 Å². The van der Waals surface area contributed by atoms with Crippen molar-refractivity contribution in [1.82, 2.24) is 9.88 Å². The number of carbonyl (C=O) groups is 2. The van der Waals surface area contributed by atoms with Crippen LogP contribution >= 0.6 is 0 Å². The molecule has 0 N–H and O–H groups in total. The number of pyridine rings is 1. The summed E-state index contributed by atoms with van der Waals surface area (Å²) in [7, 11) is 0. The number of nitrogens with zero attached hydrogens (tertiary/aromatic N) is 2. The van der Waals surface area contributed by atoms with E-state index in [1.165, 1.54) is 0 Å². The Balaban J connectivity index is 2.33. The van der Waals surface area contributed by atoms with Crippen LogP contribution in [0.25, 0.3) is 11.3 Å². The van der Waals surface area contributed by atoms with Crippen molar-refractivity contribution in [1.29, 1.82) is 0 Å². The summed E-state index contributed by atoms with van der Waals surface area (Å²) < 4.78 is 10.6. The van der Waals surface area contributed by atoms with Gasteiger partial charge in [-0.05, 0) is 59.2 Å². The maximum Gasteiger partial charge on any atom is 0.410 e. The molecule has 0 fully saturated rings. The van der Waals surface area contributed by atoms with E-state index < -0.39 is 5.60 Å². The fourth-order valence-corrected chi connectivity index (χ4v) is 3.03. The second-order valence-electron chi connectivity index (χ2n) is 8.15. The van der Waals surface area contributed by atoms with Crippen LogP contribution in [0.2, 0.25) is 0 Å². The van der Waals surface area contributed by atoms with Crippen molar-refractivity contribution < 1.29 is 19.1 Å². The van der Waals surface area contributed by atoms with Gasteiger partial charge in [-0.3, -0.25) is 9.78 Å². The van der Waals surface area contributed by atoms with Gasteiger partial charge in [0.1, 0.15) is 5.60 Å². The Morgan fingerprint density at radius 1 is 1.10 bits per heavy atom. The summed E-state index contributed by atoms with van der Waals surface area (Å²) in [6.45, 7) is 12.6. The summed E-state index contributed by atoms with van der Waals surface area (Å²) in [4.78, 5) is 30.8. The monoisotopic (exact) mass is 412 g/mol. The number of rotatable bonds is 7. The van der Waals surface area contributed by atoms with Crippen molar-refractivity contribution in [3.05, 3.63) is 53.2 Å². The molecule has 0 spiro atoms. The quantitative estimate of drug-likeness (QED) is 0.604. The third-order valence-corrected chi connectivity index (χ3v) is 4.37. The molecule has 6 nitrogen and oxygen atoms in total. The van der Waals surface area contributed by atoms with Gasteiger partial charge in [0.2, 0.25) is 0 Å². The van der Waals surface area contributed by atoms with E-state index >= 15 is 0 Å². The molecule has 0 bridgehead atoms. The molecule has 1 aromatic carbocycles. The minimum Gasteiger partial charge on any atom is -0.466 e. The molecule has 162 valence electrons. The summed E-state index contributed by atoms with van der Waals surface area (Å²) in [6.07, 6.45) is -0.219. The Kier molecular flexibility index (Phi) is 7.98. The highest BCUT2D eigenvalue weighted by Crippen LogP contribution is 2.25. The Morgan fingerprint density at radius 3 is 2.47 bits per heavy atom. The molecule has 30 heavy (non-hydrogen) atoms. The van der Waals surface area contributed by atoms with E-state index in [1.807, 2.05) is 65.0 Å². The molecule has 0 saturated carbocycles. The first-order valence-electron chi connectivity index (χ1n) is 10.3. The first-order valence-corrected chi connectivity index (χ1v) is 10.3. The topological polar surface area (TPSA) is 68.7 Å². The van der Waals surface area contributed by atoms with Crippen LogP contribution in [0.4, 0.5) is 4.79 Å². The van der Waals surface area contributed by atoms with Crippen molar-refractivity contribution in [2.45, 2.75) is 60.1 Å². The molecule has 6 heteroatoms. The largest absolute Gasteiger partial charge is 0.466 e. The summed E-state index contributed by atoms with van der Waals surface area (Å²) in [5.41, 5.74) is 3.85. The molecular weight excluding hydrogens is 380 g/mol. The van der Waals surface area contributed by atoms with Crippen molar-refractivity contribution in [3.63, 3.8) is 0 Å². The third-order valence-electron chi connectivity index (χ3n) is 4.37. The number of amides is 1. The molecule has 0 atom stereocenters. The molecule has 2 aromatic rings. The van der Waals surface area contributed by atoms with E-state index in [1.54, 1.807) is 11.8 Å². The highest BCUT2D eigenvalue weighted by atomic mass is 16.6. The molecule has 0 aliphatic heterocycles. The molecule has 2 rings (SSSR count). The second-order valence-corrected chi connectivity index (χ2v) is 8.15. The molecule has 1 amide bonds. The molecule has 0 unspecified atom stereocenters. The van der Waals surface area contributed by atoms with Gasteiger partial charge in [-0.25, -0.2) is 4.79 Å². The number of carbonyl (C=O) groups excluding carboxylic acids is 2. The van der Waals surface area contributed by atoms with Crippen LogP contribution in [0.5, 0.6) is 0 Å². The fraction of sp³-hybridized carbons (Fsp3) is 0.458. The van der Waals surface area contributed by atoms with Crippen LogP contribution in [-0.4, -0.2) is 40.7 Å². The van der Waals surface area contributed by atoms with E-state index in [4.69, 9.17) is 9.47 Å². The zero-order valence-corrected chi connectivity index (χ0v) is 18.8. The zero-order chi connectivity index (χ0) is 22.3. The molecule has 1 aromatic heterocycles. The van der Waals surface area contributed by atoms with E-state index in [-0.39, 0.29) is 18.5 Å². The molecule has 0 aliphatic rings. The number of aromatic nitrogens is 1. The van der Waals surface area contributed by atoms with Gasteiger partial charge in [-0.1, -0.05) is 29.8 Å². The third kappa shape index (κ3) is 6.87. The van der Waals surface area contributed by atoms with Crippen LogP contribution in [0.3, 0.4) is 0 Å². The fourth-order valence-electron chi connectivity index (χ4n) is 3.03. The summed E-state index contributed by atoms with van der Waals surface area (Å²) in [5.74, 6) is -0.298. The van der Waals surface area contributed by atoms with E-state index in [9.17, 15) is 9.59 Å². The molecular formula is C24H32N2O4. The van der Waals surface area contributed by atoms with Crippen LogP contribution in [0, 0.1) is 6.92 Å². The molecule has 1 heterocycles. The van der Waals surface area contributed by atoms with Gasteiger partial charge in [-0.15, -0.1) is 0 Å².